The zero-order chi connectivity index (χ0) is 19.8. The van der Waals surface area contributed by atoms with Gasteiger partial charge < -0.3 is 9.15 Å². The molecule has 0 amide bonds. The fourth-order valence-electron chi connectivity index (χ4n) is 7.34. The number of ether oxygens (including phenoxy) is 1. The number of esters is 1. The largest absolute Gasteiger partial charge is 0.426 e. The van der Waals surface area contributed by atoms with Crippen LogP contribution in [0.1, 0.15) is 62.5 Å². The van der Waals surface area contributed by atoms with Gasteiger partial charge in [-0.15, -0.1) is 0 Å². The van der Waals surface area contributed by atoms with E-state index in [2.05, 4.69) is 15.9 Å². The van der Waals surface area contributed by atoms with E-state index in [1.807, 2.05) is 12.1 Å². The summed E-state index contributed by atoms with van der Waals surface area (Å²) in [5, 5.41) is 0.971. The summed E-state index contributed by atoms with van der Waals surface area (Å²) in [6.07, 6.45) is 10.4. The minimum atomic E-state index is -0.246. The van der Waals surface area contributed by atoms with Crippen molar-refractivity contribution in [3.63, 3.8) is 0 Å². The standard InChI is InChI=1S/C24H25BrO4/c25-24-10-14-6-15(11-24)9-23(8-14,13-24)12-21(26)28-16-4-5-18-17-2-1-3-19(17)22(27)29-20(18)7-16/h4-5,7,14-15H,1-3,6,8-13H2/t14-,15-,23?,24?/m1/s1. The number of hydrogen-bond donors (Lipinski definition) is 0. The molecule has 5 aliphatic rings. The normalized spacial score (nSPS) is 34.5. The Bertz CT molecular complexity index is 1070. The van der Waals surface area contributed by atoms with Crippen molar-refractivity contribution in [3.8, 4) is 5.75 Å². The molecule has 4 bridgehead atoms. The number of carbonyl (C=O) groups excluding carboxylic acids is 1. The summed E-state index contributed by atoms with van der Waals surface area (Å²) in [6.45, 7) is 0. The molecule has 1 aromatic carbocycles. The maximum absolute atomic E-state index is 12.9. The molecule has 4 nitrogen and oxygen atoms in total. The topological polar surface area (TPSA) is 56.5 Å². The minimum Gasteiger partial charge on any atom is -0.426 e. The van der Waals surface area contributed by atoms with Crippen molar-refractivity contribution in [1.82, 2.24) is 0 Å². The van der Waals surface area contributed by atoms with Crippen molar-refractivity contribution in [1.29, 1.82) is 0 Å². The molecule has 7 rings (SSSR count). The highest BCUT2D eigenvalue weighted by atomic mass is 79.9. The van der Waals surface area contributed by atoms with Crippen LogP contribution in [-0.4, -0.2) is 10.3 Å². The molecular weight excluding hydrogens is 432 g/mol. The van der Waals surface area contributed by atoms with Crippen LogP contribution in [0.25, 0.3) is 11.0 Å². The number of halogens is 1. The van der Waals surface area contributed by atoms with Crippen molar-refractivity contribution in [2.75, 3.05) is 0 Å². The van der Waals surface area contributed by atoms with Crippen LogP contribution in [0.15, 0.2) is 27.4 Å². The fraction of sp³-hybridized carbons (Fsp3) is 0.583. The molecule has 0 spiro atoms. The van der Waals surface area contributed by atoms with Crippen LogP contribution in [0.3, 0.4) is 0 Å². The third-order valence-corrected chi connectivity index (χ3v) is 8.73. The van der Waals surface area contributed by atoms with Gasteiger partial charge in [-0.2, -0.15) is 0 Å². The third-order valence-electron chi connectivity index (χ3n) is 7.81. The van der Waals surface area contributed by atoms with Gasteiger partial charge >= 0.3 is 11.6 Å². The molecule has 0 radical (unpaired) electrons. The predicted octanol–water partition coefficient (Wildman–Crippen LogP) is 5.31. The molecule has 4 saturated carbocycles. The molecule has 5 heteroatoms. The lowest BCUT2D eigenvalue weighted by Gasteiger charge is -2.60. The molecule has 0 N–H and O–H groups in total. The lowest BCUT2D eigenvalue weighted by molar-refractivity contribution is -0.141. The van der Waals surface area contributed by atoms with Crippen molar-refractivity contribution in [2.45, 2.75) is 68.5 Å². The van der Waals surface area contributed by atoms with Gasteiger partial charge in [-0.3, -0.25) is 4.79 Å². The van der Waals surface area contributed by atoms with Crippen LogP contribution in [0.2, 0.25) is 0 Å². The molecule has 2 aromatic rings. The Morgan fingerprint density at radius 3 is 2.66 bits per heavy atom. The quantitative estimate of drug-likeness (QED) is 0.271. The molecule has 0 saturated heterocycles. The monoisotopic (exact) mass is 456 g/mol. The van der Waals surface area contributed by atoms with E-state index in [9.17, 15) is 9.59 Å². The zero-order valence-electron chi connectivity index (χ0n) is 16.5. The molecule has 2 atom stereocenters. The molecule has 1 heterocycles. The Balaban J connectivity index is 1.24. The molecule has 29 heavy (non-hydrogen) atoms. The van der Waals surface area contributed by atoms with Gasteiger partial charge in [0, 0.05) is 21.3 Å². The maximum atomic E-state index is 12.9. The molecule has 1 aromatic heterocycles. The maximum Gasteiger partial charge on any atom is 0.339 e. The van der Waals surface area contributed by atoms with Crippen LogP contribution < -0.4 is 10.4 Å². The highest BCUT2D eigenvalue weighted by Gasteiger charge is 2.57. The Kier molecular flexibility index (Phi) is 3.88. The Hall–Kier alpha value is -1.62. The lowest BCUT2D eigenvalue weighted by Crippen LogP contribution is -2.53. The van der Waals surface area contributed by atoms with Gasteiger partial charge in [-0.25, -0.2) is 4.79 Å². The molecule has 0 unspecified atom stereocenters. The molecule has 4 fully saturated rings. The van der Waals surface area contributed by atoms with Crippen LogP contribution in [-0.2, 0) is 17.6 Å². The summed E-state index contributed by atoms with van der Waals surface area (Å²) in [7, 11) is 0. The van der Waals surface area contributed by atoms with Gasteiger partial charge in [0.1, 0.15) is 11.3 Å². The van der Waals surface area contributed by atoms with Crippen molar-refractivity contribution >= 4 is 32.9 Å². The SMILES string of the molecule is O=C(CC12C[C@H]3C[C@@H](CC(Br)(C3)C1)C2)Oc1ccc2c3c(c(=O)oc2c1)CCC3. The third kappa shape index (κ3) is 2.99. The lowest BCUT2D eigenvalue weighted by atomic mass is 9.49. The average Bonchev–Trinajstić information content (AvgIpc) is 3.09. The van der Waals surface area contributed by atoms with Crippen LogP contribution in [0.4, 0.5) is 0 Å². The first-order valence-electron chi connectivity index (χ1n) is 10.9. The number of alkyl halides is 1. The second kappa shape index (κ2) is 6.19. The Labute approximate surface area is 178 Å². The Morgan fingerprint density at radius 2 is 1.90 bits per heavy atom. The van der Waals surface area contributed by atoms with E-state index in [1.54, 1.807) is 6.07 Å². The summed E-state index contributed by atoms with van der Waals surface area (Å²) in [5.41, 5.74) is 2.28. The van der Waals surface area contributed by atoms with Gasteiger partial charge in [-0.05, 0) is 92.7 Å². The van der Waals surface area contributed by atoms with Gasteiger partial charge in [0.25, 0.3) is 0 Å². The number of aryl methyl sites for hydroxylation is 1. The van der Waals surface area contributed by atoms with Gasteiger partial charge in [-0.1, -0.05) is 15.9 Å². The van der Waals surface area contributed by atoms with Crippen LogP contribution in [0.5, 0.6) is 5.75 Å². The molecule has 0 aliphatic heterocycles. The molecular formula is C24H25BrO4. The smallest absolute Gasteiger partial charge is 0.339 e. The number of carbonyl (C=O) groups is 1. The van der Waals surface area contributed by atoms with Gasteiger partial charge in [0.2, 0.25) is 0 Å². The zero-order valence-corrected chi connectivity index (χ0v) is 18.1. The minimum absolute atomic E-state index is 0.0922. The van der Waals surface area contributed by atoms with Crippen molar-refractivity contribution in [2.24, 2.45) is 17.3 Å². The van der Waals surface area contributed by atoms with E-state index in [1.165, 1.54) is 19.3 Å². The number of benzene rings is 1. The summed E-state index contributed by atoms with van der Waals surface area (Å²) in [6, 6.07) is 5.48. The van der Waals surface area contributed by atoms with Gasteiger partial charge in [0.15, 0.2) is 0 Å². The number of rotatable bonds is 3. The van der Waals surface area contributed by atoms with E-state index >= 15 is 0 Å². The fourth-order valence-corrected chi connectivity index (χ4v) is 8.85. The van der Waals surface area contributed by atoms with E-state index < -0.39 is 0 Å². The average molecular weight is 457 g/mol. The van der Waals surface area contributed by atoms with Crippen molar-refractivity contribution in [3.05, 3.63) is 39.7 Å². The molecule has 5 aliphatic carbocycles. The summed E-state index contributed by atoms with van der Waals surface area (Å²) in [5.74, 6) is 1.81. The highest BCUT2D eigenvalue weighted by molar-refractivity contribution is 9.10. The van der Waals surface area contributed by atoms with Crippen LogP contribution in [0, 0.1) is 17.3 Å². The predicted molar refractivity (Wildman–Crippen MR) is 114 cm³/mol. The second-order valence-electron chi connectivity index (χ2n) is 10.1. The van der Waals surface area contributed by atoms with Crippen LogP contribution >= 0.6 is 15.9 Å². The first kappa shape index (κ1) is 18.2. The van der Waals surface area contributed by atoms with E-state index in [0.29, 0.717) is 17.8 Å². The first-order valence-corrected chi connectivity index (χ1v) is 11.7. The molecule has 152 valence electrons. The number of hydrogen-bond acceptors (Lipinski definition) is 4. The highest BCUT2D eigenvalue weighted by Crippen LogP contribution is 2.65. The van der Waals surface area contributed by atoms with E-state index in [0.717, 1.165) is 66.9 Å². The second-order valence-corrected chi connectivity index (χ2v) is 11.8. The Morgan fingerprint density at radius 1 is 1.14 bits per heavy atom. The van der Waals surface area contributed by atoms with Gasteiger partial charge in [0.05, 0.1) is 6.42 Å². The summed E-state index contributed by atoms with van der Waals surface area (Å²) >= 11 is 4.01. The van der Waals surface area contributed by atoms with Crippen molar-refractivity contribution < 1.29 is 13.9 Å². The number of fused-ring (bicyclic) bond motifs is 3. The summed E-state index contributed by atoms with van der Waals surface area (Å²) < 4.78 is 11.5. The van der Waals surface area contributed by atoms with E-state index in [4.69, 9.17) is 9.15 Å². The summed E-state index contributed by atoms with van der Waals surface area (Å²) in [4.78, 5) is 25.1. The first-order chi connectivity index (χ1) is 13.9. The van der Waals surface area contributed by atoms with E-state index in [-0.39, 0.29) is 21.3 Å².